The Bertz CT molecular complexity index is 5180. The molecule has 0 aliphatic heterocycles. The van der Waals surface area contributed by atoms with Crippen molar-refractivity contribution in [3.8, 4) is 44.5 Å². The van der Waals surface area contributed by atoms with Gasteiger partial charge in [-0.05, 0) is 138 Å². The summed E-state index contributed by atoms with van der Waals surface area (Å²) < 4.78 is 14.1. The van der Waals surface area contributed by atoms with Crippen molar-refractivity contribution in [3.05, 3.63) is 326 Å². The van der Waals surface area contributed by atoms with Crippen LogP contribution in [0, 0.1) is 0 Å². The van der Waals surface area contributed by atoms with Crippen molar-refractivity contribution in [2.75, 3.05) is 9.80 Å². The number of para-hydroxylation sites is 4. The third-order valence-electron chi connectivity index (χ3n) is 19.7. The lowest BCUT2D eigenvalue weighted by Crippen LogP contribution is -2.44. The lowest BCUT2D eigenvalue weighted by atomic mass is 9.56. The molecule has 4 nitrogen and oxygen atoms in total. The quantitative estimate of drug-likeness (QED) is 0.144. The molecular formula is C84H56N2O2. The van der Waals surface area contributed by atoms with Crippen molar-refractivity contribution in [3.63, 3.8) is 0 Å². The summed E-state index contributed by atoms with van der Waals surface area (Å²) in [6, 6.07) is 111. The number of benzene rings is 14. The Kier molecular flexibility index (Phi) is 10.9. The molecule has 2 aliphatic carbocycles. The molecule has 14 aromatic carbocycles. The summed E-state index contributed by atoms with van der Waals surface area (Å²) >= 11 is 0. The molecule has 2 unspecified atom stereocenters. The molecule has 0 spiro atoms. The molecule has 0 amide bonds. The molecule has 2 aromatic heterocycles. The first-order valence-corrected chi connectivity index (χ1v) is 30.5. The van der Waals surface area contributed by atoms with E-state index >= 15 is 0 Å². The van der Waals surface area contributed by atoms with Crippen LogP contribution in [0.5, 0.6) is 0 Å². The van der Waals surface area contributed by atoms with Crippen LogP contribution in [0.3, 0.4) is 0 Å². The monoisotopic (exact) mass is 1120 g/mol. The Hall–Kier alpha value is -11.2. The maximum absolute atomic E-state index is 7.04. The molecule has 18 rings (SSSR count). The van der Waals surface area contributed by atoms with Crippen LogP contribution in [-0.4, -0.2) is 0 Å². The Labute approximate surface area is 510 Å². The van der Waals surface area contributed by atoms with Gasteiger partial charge in [-0.15, -0.1) is 0 Å². The summed E-state index contributed by atoms with van der Waals surface area (Å²) in [5.41, 5.74) is 22.9. The minimum atomic E-state index is -0.682. The van der Waals surface area contributed by atoms with Gasteiger partial charge in [-0.3, -0.25) is 0 Å². The first kappa shape index (κ1) is 50.2. The topological polar surface area (TPSA) is 32.8 Å². The fourth-order valence-corrected chi connectivity index (χ4v) is 15.6. The summed E-state index contributed by atoms with van der Waals surface area (Å²) in [4.78, 5) is 4.96. The predicted octanol–water partition coefficient (Wildman–Crippen LogP) is 23.3. The maximum atomic E-state index is 7.04. The predicted molar refractivity (Wildman–Crippen MR) is 366 cm³/mol. The first-order valence-electron chi connectivity index (χ1n) is 30.5. The summed E-state index contributed by atoms with van der Waals surface area (Å²) in [7, 11) is 0. The molecule has 2 aliphatic rings. The number of rotatable bonds is 9. The second-order valence-electron chi connectivity index (χ2n) is 24.1. The Morgan fingerprint density at radius 3 is 1.03 bits per heavy atom. The maximum Gasteiger partial charge on any atom is 0.159 e. The second-order valence-corrected chi connectivity index (χ2v) is 24.1. The number of fused-ring (bicyclic) bond motifs is 16. The highest BCUT2D eigenvalue weighted by Crippen LogP contribution is 2.68. The standard InChI is InChI=1S/C84H56N2O2/c1-83(69-43-17-13-39-67(69)79-63-37-11-9-33-59(63)75(51-71(79)83)85(57-31-21-29-55(49-57)53-25-5-3-6-26-53)73-45-23-41-65-61-35-15-19-47-77(61)87-81(65)73)84(2)70-44-18-14-40-68(70)80-64-38-12-10-34-60(64)76(52-72(80)84)86(58-32-22-30-56(50-58)54-27-7-4-8-28-54)74-46-24-42-66-62-36-16-20-48-78(62)88-82(66)74/h3-52H,1-2H3. The van der Waals surface area contributed by atoms with Gasteiger partial charge in [-0.2, -0.15) is 0 Å². The average molecular weight is 1130 g/mol. The molecule has 0 radical (unpaired) electrons. The highest BCUT2D eigenvalue weighted by atomic mass is 16.3. The summed E-state index contributed by atoms with van der Waals surface area (Å²) in [5.74, 6) is 0. The van der Waals surface area contributed by atoms with E-state index in [1.807, 2.05) is 0 Å². The van der Waals surface area contributed by atoms with Crippen LogP contribution >= 0.6 is 0 Å². The smallest absolute Gasteiger partial charge is 0.159 e. The third kappa shape index (κ3) is 7.08. The van der Waals surface area contributed by atoms with Gasteiger partial charge < -0.3 is 18.6 Å². The van der Waals surface area contributed by atoms with E-state index in [0.717, 1.165) is 111 Å². The minimum Gasteiger partial charge on any atom is -0.454 e. The highest BCUT2D eigenvalue weighted by Gasteiger charge is 2.58. The fourth-order valence-electron chi connectivity index (χ4n) is 15.6. The second kappa shape index (κ2) is 19.2. The van der Waals surface area contributed by atoms with Gasteiger partial charge >= 0.3 is 0 Å². The van der Waals surface area contributed by atoms with Gasteiger partial charge in [0.15, 0.2) is 11.2 Å². The van der Waals surface area contributed by atoms with E-state index in [0.29, 0.717) is 0 Å². The van der Waals surface area contributed by atoms with Crippen molar-refractivity contribution >= 4 is 99.5 Å². The first-order chi connectivity index (χ1) is 43.4. The largest absolute Gasteiger partial charge is 0.454 e. The van der Waals surface area contributed by atoms with Gasteiger partial charge in [0.25, 0.3) is 0 Å². The van der Waals surface area contributed by atoms with Gasteiger partial charge in [-0.1, -0.05) is 257 Å². The average Bonchev–Trinajstić information content (AvgIpc) is 1.50. The van der Waals surface area contributed by atoms with Crippen LogP contribution in [0.2, 0.25) is 0 Å². The molecule has 0 fully saturated rings. The van der Waals surface area contributed by atoms with Gasteiger partial charge in [0.05, 0.1) is 22.7 Å². The molecule has 2 atom stereocenters. The third-order valence-corrected chi connectivity index (χ3v) is 19.7. The van der Waals surface area contributed by atoms with Crippen LogP contribution in [0.25, 0.3) is 110 Å². The highest BCUT2D eigenvalue weighted by molar-refractivity contribution is 6.17. The summed E-state index contributed by atoms with van der Waals surface area (Å²) in [6.45, 7) is 5.10. The molecule has 16 aromatic rings. The zero-order chi connectivity index (χ0) is 58.2. The number of hydrogen-bond acceptors (Lipinski definition) is 4. The molecule has 0 saturated heterocycles. The van der Waals surface area contributed by atoms with Crippen LogP contribution in [0.4, 0.5) is 34.1 Å². The Balaban J connectivity index is 0.937. The van der Waals surface area contributed by atoms with Crippen LogP contribution in [0.15, 0.2) is 312 Å². The van der Waals surface area contributed by atoms with E-state index < -0.39 is 10.8 Å². The van der Waals surface area contributed by atoms with E-state index in [1.54, 1.807) is 0 Å². The van der Waals surface area contributed by atoms with E-state index in [4.69, 9.17) is 8.83 Å². The van der Waals surface area contributed by atoms with E-state index in [-0.39, 0.29) is 0 Å². The molecule has 4 heteroatoms. The van der Waals surface area contributed by atoms with Crippen LogP contribution in [0.1, 0.15) is 36.1 Å². The Morgan fingerprint density at radius 2 is 0.591 bits per heavy atom. The number of hydrogen-bond donors (Lipinski definition) is 0. The van der Waals surface area contributed by atoms with Crippen molar-refractivity contribution in [1.82, 2.24) is 0 Å². The van der Waals surface area contributed by atoms with Gasteiger partial charge in [-0.25, -0.2) is 0 Å². The normalized spacial score (nSPS) is 15.7. The molecule has 0 N–H and O–H groups in total. The number of furan rings is 2. The number of nitrogens with zero attached hydrogens (tertiary/aromatic N) is 2. The van der Waals surface area contributed by atoms with Gasteiger partial charge in [0.2, 0.25) is 0 Å². The van der Waals surface area contributed by atoms with E-state index in [2.05, 4.69) is 327 Å². The molecule has 414 valence electrons. The number of anilines is 6. The summed E-state index contributed by atoms with van der Waals surface area (Å²) in [6.07, 6.45) is 0. The SMILES string of the molecule is CC1(C2(C)c3ccccc3-c3c2cc(N(c2cccc(-c4ccccc4)c2)c2cccc4c2oc2ccccc24)c2ccccc32)c2ccccc2-c2c1cc(N(c1cccc(-c3ccccc3)c1)c1cccc3c1oc1ccccc13)c1ccccc21. The fraction of sp³-hybridized carbons (Fsp3) is 0.0476. The molecule has 0 bridgehead atoms. The Morgan fingerprint density at radius 1 is 0.250 bits per heavy atom. The van der Waals surface area contributed by atoms with Crippen molar-refractivity contribution in [2.45, 2.75) is 24.7 Å². The molecule has 0 saturated carbocycles. The van der Waals surface area contributed by atoms with Crippen LogP contribution < -0.4 is 9.80 Å². The van der Waals surface area contributed by atoms with Crippen molar-refractivity contribution in [1.29, 1.82) is 0 Å². The minimum absolute atomic E-state index is 0.682. The molecule has 2 heterocycles. The van der Waals surface area contributed by atoms with Gasteiger partial charge in [0, 0.05) is 54.5 Å². The lowest BCUT2D eigenvalue weighted by molar-refractivity contribution is 0.376. The lowest BCUT2D eigenvalue weighted by Gasteiger charge is -2.46. The van der Waals surface area contributed by atoms with Gasteiger partial charge in [0.1, 0.15) is 11.2 Å². The summed E-state index contributed by atoms with van der Waals surface area (Å²) in [5, 5.41) is 9.03. The van der Waals surface area contributed by atoms with Crippen molar-refractivity contribution in [2.24, 2.45) is 0 Å². The zero-order valence-corrected chi connectivity index (χ0v) is 48.6. The van der Waals surface area contributed by atoms with Crippen molar-refractivity contribution < 1.29 is 8.83 Å². The van der Waals surface area contributed by atoms with Crippen LogP contribution in [-0.2, 0) is 10.8 Å². The molecule has 88 heavy (non-hydrogen) atoms. The van der Waals surface area contributed by atoms with E-state index in [1.165, 1.54) is 55.3 Å². The van der Waals surface area contributed by atoms with E-state index in [9.17, 15) is 0 Å². The molecular weight excluding hydrogens is 1070 g/mol. The zero-order valence-electron chi connectivity index (χ0n) is 48.6.